The zero-order valence-electron chi connectivity index (χ0n) is 9.30. The average molecular weight is 185 g/mol. The smallest absolute Gasteiger partial charge is 0.0226 e. The lowest BCUT2D eigenvalue weighted by Crippen LogP contribution is -2.59. The summed E-state index contributed by atoms with van der Waals surface area (Å²) < 4.78 is 0. The van der Waals surface area contributed by atoms with E-state index in [4.69, 9.17) is 5.73 Å². The summed E-state index contributed by atoms with van der Waals surface area (Å²) in [7, 11) is 0. The number of nitrogens with two attached hydrogens (primary N) is 1. The Balaban J connectivity index is 2.49. The highest BCUT2D eigenvalue weighted by molar-refractivity contribution is 4.87. The predicted molar refractivity (Wildman–Crippen MR) is 56.8 cm³/mol. The molecule has 0 aliphatic carbocycles. The molecule has 0 amide bonds. The topological polar surface area (TPSA) is 41.3 Å². The van der Waals surface area contributed by atoms with E-state index in [1.165, 1.54) is 0 Å². The summed E-state index contributed by atoms with van der Waals surface area (Å²) in [5.74, 6) is 0. The van der Waals surface area contributed by atoms with Crippen LogP contribution in [0.25, 0.3) is 0 Å². The van der Waals surface area contributed by atoms with Crippen LogP contribution in [0.5, 0.6) is 0 Å². The Bertz CT molecular complexity index is 162. The summed E-state index contributed by atoms with van der Waals surface area (Å²) in [5, 5.41) is 3.46. The van der Waals surface area contributed by atoms with Gasteiger partial charge in [-0.15, -0.1) is 0 Å². The van der Waals surface area contributed by atoms with Crippen molar-refractivity contribution in [2.45, 2.75) is 45.3 Å². The third kappa shape index (κ3) is 3.25. The van der Waals surface area contributed by atoms with Gasteiger partial charge < -0.3 is 11.1 Å². The maximum Gasteiger partial charge on any atom is 0.0226 e. The molecule has 0 spiro atoms. The van der Waals surface area contributed by atoms with Crippen molar-refractivity contribution in [3.05, 3.63) is 0 Å². The fourth-order valence-corrected chi connectivity index (χ4v) is 1.87. The van der Waals surface area contributed by atoms with Gasteiger partial charge in [-0.2, -0.15) is 0 Å². The number of hydrogen-bond acceptors (Lipinski definition) is 3. The lowest BCUT2D eigenvalue weighted by atomic mass is 10.0. The van der Waals surface area contributed by atoms with E-state index in [2.05, 4.69) is 37.9 Å². The van der Waals surface area contributed by atoms with Gasteiger partial charge in [0.1, 0.15) is 0 Å². The van der Waals surface area contributed by atoms with E-state index >= 15 is 0 Å². The highest BCUT2D eigenvalue weighted by Crippen LogP contribution is 2.11. The summed E-state index contributed by atoms with van der Waals surface area (Å²) in [5.41, 5.74) is 5.93. The van der Waals surface area contributed by atoms with E-state index in [0.717, 1.165) is 19.6 Å². The second kappa shape index (κ2) is 3.95. The summed E-state index contributed by atoms with van der Waals surface area (Å²) in [6.45, 7) is 11.9. The van der Waals surface area contributed by atoms with Crippen LogP contribution in [-0.2, 0) is 0 Å². The average Bonchev–Trinajstić information content (AvgIpc) is 1.96. The zero-order chi connectivity index (χ0) is 10.1. The molecule has 3 N–H and O–H groups in total. The molecular weight excluding hydrogens is 162 g/mol. The van der Waals surface area contributed by atoms with Crippen molar-refractivity contribution >= 4 is 0 Å². The van der Waals surface area contributed by atoms with Gasteiger partial charge in [-0.25, -0.2) is 0 Å². The molecule has 3 heteroatoms. The zero-order valence-corrected chi connectivity index (χ0v) is 9.30. The molecule has 1 rings (SSSR count). The number of nitrogens with one attached hydrogen (secondary N) is 1. The summed E-state index contributed by atoms with van der Waals surface area (Å²) in [6.07, 6.45) is 0. The molecule has 1 fully saturated rings. The van der Waals surface area contributed by atoms with E-state index in [9.17, 15) is 0 Å². The molecule has 13 heavy (non-hydrogen) atoms. The van der Waals surface area contributed by atoms with Crippen LogP contribution in [0.3, 0.4) is 0 Å². The quantitative estimate of drug-likeness (QED) is 0.654. The minimum atomic E-state index is -0.0781. The fraction of sp³-hybridized carbons (Fsp3) is 1.00. The molecule has 0 aromatic heterocycles. The van der Waals surface area contributed by atoms with Crippen molar-refractivity contribution < 1.29 is 0 Å². The third-order valence-electron chi connectivity index (χ3n) is 2.78. The van der Waals surface area contributed by atoms with E-state index in [1.54, 1.807) is 0 Å². The van der Waals surface area contributed by atoms with Crippen molar-refractivity contribution in [2.75, 3.05) is 19.6 Å². The third-order valence-corrected chi connectivity index (χ3v) is 2.78. The molecular formula is C10H23N3. The minimum Gasteiger partial charge on any atom is -0.324 e. The van der Waals surface area contributed by atoms with Gasteiger partial charge in [0, 0.05) is 37.3 Å². The first-order valence-corrected chi connectivity index (χ1v) is 5.16. The maximum absolute atomic E-state index is 6.01. The van der Waals surface area contributed by atoms with Crippen LogP contribution in [0.4, 0.5) is 0 Å². The fourth-order valence-electron chi connectivity index (χ4n) is 1.87. The molecule has 0 aromatic carbocycles. The van der Waals surface area contributed by atoms with Gasteiger partial charge in [0.15, 0.2) is 0 Å². The first kappa shape index (κ1) is 11.0. The molecule has 0 saturated carbocycles. The van der Waals surface area contributed by atoms with Crippen molar-refractivity contribution in [1.82, 2.24) is 10.2 Å². The van der Waals surface area contributed by atoms with Crippen molar-refractivity contribution in [1.29, 1.82) is 0 Å². The van der Waals surface area contributed by atoms with Gasteiger partial charge in [0.2, 0.25) is 0 Å². The Labute approximate surface area is 81.7 Å². The summed E-state index contributed by atoms with van der Waals surface area (Å²) in [4.78, 5) is 2.47. The molecule has 78 valence electrons. The molecule has 0 radical (unpaired) electrons. The predicted octanol–water partition coefficient (Wildman–Crippen LogP) is 0.406. The Morgan fingerprint density at radius 1 is 1.46 bits per heavy atom. The number of rotatable bonds is 2. The molecule has 1 saturated heterocycles. The SMILES string of the molecule is CC1NCCN(CC(C)(C)N)C1C. The molecule has 1 heterocycles. The van der Waals surface area contributed by atoms with Crippen LogP contribution >= 0.6 is 0 Å². The van der Waals surface area contributed by atoms with Crippen LogP contribution in [0.1, 0.15) is 27.7 Å². The van der Waals surface area contributed by atoms with Gasteiger partial charge in [-0.05, 0) is 27.7 Å². The molecule has 0 aromatic rings. The molecule has 2 unspecified atom stereocenters. The first-order valence-electron chi connectivity index (χ1n) is 5.16. The number of hydrogen-bond donors (Lipinski definition) is 2. The van der Waals surface area contributed by atoms with Crippen LogP contribution in [-0.4, -0.2) is 42.2 Å². The molecule has 3 nitrogen and oxygen atoms in total. The normalized spacial score (nSPS) is 32.1. The maximum atomic E-state index is 6.01. The van der Waals surface area contributed by atoms with E-state index in [-0.39, 0.29) is 5.54 Å². The van der Waals surface area contributed by atoms with Crippen LogP contribution < -0.4 is 11.1 Å². The highest BCUT2D eigenvalue weighted by atomic mass is 15.2. The Morgan fingerprint density at radius 3 is 2.62 bits per heavy atom. The van der Waals surface area contributed by atoms with Gasteiger partial charge in [-0.3, -0.25) is 4.90 Å². The lowest BCUT2D eigenvalue weighted by molar-refractivity contribution is 0.115. The van der Waals surface area contributed by atoms with E-state index in [1.807, 2.05) is 0 Å². The Hall–Kier alpha value is -0.120. The largest absolute Gasteiger partial charge is 0.324 e. The van der Waals surface area contributed by atoms with Crippen LogP contribution in [0.15, 0.2) is 0 Å². The van der Waals surface area contributed by atoms with E-state index < -0.39 is 0 Å². The summed E-state index contributed by atoms with van der Waals surface area (Å²) >= 11 is 0. The standard InChI is InChI=1S/C10H23N3/c1-8-9(2)13(6-5-12-8)7-10(3,4)11/h8-9,12H,5-7,11H2,1-4H3. The van der Waals surface area contributed by atoms with Crippen molar-refractivity contribution in [3.8, 4) is 0 Å². The Kier molecular flexibility index (Phi) is 3.33. The minimum absolute atomic E-state index is 0.0781. The van der Waals surface area contributed by atoms with Gasteiger partial charge in [0.05, 0.1) is 0 Å². The molecule has 1 aliphatic heterocycles. The lowest BCUT2D eigenvalue weighted by Gasteiger charge is -2.41. The first-order chi connectivity index (χ1) is 5.90. The summed E-state index contributed by atoms with van der Waals surface area (Å²) in [6, 6.07) is 1.17. The van der Waals surface area contributed by atoms with Gasteiger partial charge in [0.25, 0.3) is 0 Å². The van der Waals surface area contributed by atoms with Gasteiger partial charge in [-0.1, -0.05) is 0 Å². The molecule has 1 aliphatic rings. The molecule has 2 atom stereocenters. The van der Waals surface area contributed by atoms with Crippen LogP contribution in [0, 0.1) is 0 Å². The Morgan fingerprint density at radius 2 is 2.08 bits per heavy atom. The van der Waals surface area contributed by atoms with E-state index in [0.29, 0.717) is 12.1 Å². The van der Waals surface area contributed by atoms with Crippen LogP contribution in [0.2, 0.25) is 0 Å². The second-order valence-corrected chi connectivity index (χ2v) is 4.94. The number of piperazine rings is 1. The molecule has 0 bridgehead atoms. The second-order valence-electron chi connectivity index (χ2n) is 4.94. The monoisotopic (exact) mass is 185 g/mol. The van der Waals surface area contributed by atoms with Gasteiger partial charge >= 0.3 is 0 Å². The highest BCUT2D eigenvalue weighted by Gasteiger charge is 2.27. The van der Waals surface area contributed by atoms with Crippen molar-refractivity contribution in [3.63, 3.8) is 0 Å². The van der Waals surface area contributed by atoms with Crippen molar-refractivity contribution in [2.24, 2.45) is 5.73 Å². The number of nitrogens with zero attached hydrogens (tertiary/aromatic N) is 1.